The molecule has 2 aromatic carbocycles. The Hall–Kier alpha value is -3.26. The summed E-state index contributed by atoms with van der Waals surface area (Å²) < 4.78 is 5.61. The summed E-state index contributed by atoms with van der Waals surface area (Å²) in [4.78, 5) is 29.0. The number of anilines is 3. The number of alkyl carbamates (subject to hydrolysis) is 1. The lowest BCUT2D eigenvalue weighted by atomic mass is 10.1. The predicted molar refractivity (Wildman–Crippen MR) is 121 cm³/mol. The molecule has 8 nitrogen and oxygen atoms in total. The van der Waals surface area contributed by atoms with Crippen LogP contribution in [0, 0.1) is 0 Å². The van der Waals surface area contributed by atoms with Crippen LogP contribution in [0.4, 0.5) is 21.9 Å². The molecule has 2 aromatic rings. The van der Waals surface area contributed by atoms with Crippen LogP contribution in [-0.2, 0) is 4.74 Å². The minimum absolute atomic E-state index is 0.136. The maximum Gasteiger partial charge on any atom is 0.407 e. The van der Waals surface area contributed by atoms with E-state index in [0.717, 1.165) is 38.2 Å². The Morgan fingerprint density at radius 3 is 2.52 bits per heavy atom. The number of likely N-dealkylation sites (N-methyl/N-ethyl adjacent to an activating group) is 1. The molecule has 0 bridgehead atoms. The maximum atomic E-state index is 12.5. The Morgan fingerprint density at radius 2 is 1.81 bits per heavy atom. The van der Waals surface area contributed by atoms with Crippen molar-refractivity contribution in [3.8, 4) is 0 Å². The first-order valence-electron chi connectivity index (χ1n) is 10.6. The van der Waals surface area contributed by atoms with Crippen LogP contribution < -0.4 is 21.3 Å². The summed E-state index contributed by atoms with van der Waals surface area (Å²) in [5.74, 6) is -0.207. The van der Waals surface area contributed by atoms with Gasteiger partial charge in [-0.15, -0.1) is 0 Å². The summed E-state index contributed by atoms with van der Waals surface area (Å²) in [6.07, 6.45) is 1.27. The lowest BCUT2D eigenvalue weighted by Crippen LogP contribution is -2.39. The number of hydrogen-bond acceptors (Lipinski definition) is 6. The third kappa shape index (κ3) is 5.27. The summed E-state index contributed by atoms with van der Waals surface area (Å²) in [5, 5.41) is 5.79. The first kappa shape index (κ1) is 21.0. The van der Waals surface area contributed by atoms with E-state index in [0.29, 0.717) is 23.5 Å². The average Bonchev–Trinajstić information content (AvgIpc) is 3.38. The largest absolute Gasteiger partial charge is 0.444 e. The molecule has 2 aliphatic rings. The van der Waals surface area contributed by atoms with Crippen molar-refractivity contribution in [2.24, 2.45) is 0 Å². The van der Waals surface area contributed by atoms with Crippen LogP contribution in [-0.4, -0.2) is 62.3 Å². The van der Waals surface area contributed by atoms with Gasteiger partial charge in [-0.2, -0.15) is 0 Å². The Balaban J connectivity index is 1.28. The van der Waals surface area contributed by atoms with Gasteiger partial charge >= 0.3 is 6.09 Å². The molecule has 4 rings (SSSR count). The zero-order valence-corrected chi connectivity index (χ0v) is 17.7. The topological polar surface area (TPSA) is 99.9 Å². The van der Waals surface area contributed by atoms with E-state index >= 15 is 0 Å². The molecule has 0 spiro atoms. The lowest BCUT2D eigenvalue weighted by Gasteiger charge is -2.20. The van der Waals surface area contributed by atoms with Crippen LogP contribution in [0.2, 0.25) is 0 Å². The summed E-state index contributed by atoms with van der Waals surface area (Å²) in [6, 6.07) is 14.8. The number of carbonyl (C=O) groups excluding carboxylic acids is 2. The van der Waals surface area contributed by atoms with Crippen LogP contribution in [0.3, 0.4) is 0 Å². The first-order valence-corrected chi connectivity index (χ1v) is 10.6. The molecular weight excluding hydrogens is 394 g/mol. The van der Waals surface area contributed by atoms with Gasteiger partial charge < -0.3 is 30.9 Å². The molecule has 2 saturated heterocycles. The highest BCUT2D eigenvalue weighted by Crippen LogP contribution is 2.23. The van der Waals surface area contributed by atoms with E-state index in [9.17, 15) is 9.59 Å². The molecule has 31 heavy (non-hydrogen) atoms. The van der Waals surface area contributed by atoms with Crippen LogP contribution >= 0.6 is 0 Å². The molecule has 8 heteroatoms. The number of rotatable bonds is 5. The zero-order chi connectivity index (χ0) is 21.8. The highest BCUT2D eigenvalue weighted by atomic mass is 16.6. The standard InChI is InChI=1S/C23H29N5O3/c1-27-12-10-17(14-27)25-23(30)31-19-11-13-28(15-19)18-8-6-16(7-9-18)22(29)26-21-5-3-2-4-20(21)24/h2-9,17,19H,10-15,24H2,1H3,(H,25,30)(H,26,29)/t17-,19+/m0/s1. The Bertz CT molecular complexity index is 933. The van der Waals surface area contributed by atoms with E-state index < -0.39 is 0 Å². The Morgan fingerprint density at radius 1 is 1.03 bits per heavy atom. The second-order valence-corrected chi connectivity index (χ2v) is 8.24. The number of benzene rings is 2. The number of likely N-dealkylation sites (tertiary alicyclic amines) is 1. The summed E-state index contributed by atoms with van der Waals surface area (Å²) in [5.41, 5.74) is 8.57. The number of carbonyl (C=O) groups is 2. The number of nitrogens with zero attached hydrogens (tertiary/aromatic N) is 2. The number of nitrogen functional groups attached to an aromatic ring is 1. The molecule has 0 aromatic heterocycles. The smallest absolute Gasteiger partial charge is 0.407 e. The zero-order valence-electron chi connectivity index (χ0n) is 17.7. The fourth-order valence-corrected chi connectivity index (χ4v) is 4.09. The number of hydrogen-bond donors (Lipinski definition) is 3. The van der Waals surface area contributed by atoms with E-state index in [-0.39, 0.29) is 24.1 Å². The molecule has 0 unspecified atom stereocenters. The normalized spacial score (nSPS) is 21.1. The van der Waals surface area contributed by atoms with Gasteiger partial charge in [-0.1, -0.05) is 12.1 Å². The molecule has 164 valence electrons. The average molecular weight is 424 g/mol. The fraction of sp³-hybridized carbons (Fsp3) is 0.391. The van der Waals surface area contributed by atoms with Gasteiger partial charge in [0.1, 0.15) is 6.10 Å². The van der Waals surface area contributed by atoms with Gasteiger partial charge in [-0.25, -0.2) is 4.79 Å². The molecule has 0 saturated carbocycles. The molecule has 4 N–H and O–H groups in total. The second kappa shape index (κ2) is 9.26. The van der Waals surface area contributed by atoms with Gasteiger partial charge in [-0.3, -0.25) is 4.79 Å². The van der Waals surface area contributed by atoms with E-state index in [1.54, 1.807) is 24.3 Å². The van der Waals surface area contributed by atoms with E-state index in [1.165, 1.54) is 0 Å². The van der Waals surface area contributed by atoms with E-state index in [2.05, 4.69) is 20.4 Å². The number of nitrogens with two attached hydrogens (primary N) is 1. The van der Waals surface area contributed by atoms with Gasteiger partial charge in [0, 0.05) is 36.8 Å². The summed E-state index contributed by atoms with van der Waals surface area (Å²) >= 11 is 0. The minimum atomic E-state index is -0.334. The van der Waals surface area contributed by atoms with Gasteiger partial charge in [0.05, 0.1) is 17.9 Å². The highest BCUT2D eigenvalue weighted by Gasteiger charge is 2.28. The molecule has 2 aliphatic heterocycles. The monoisotopic (exact) mass is 423 g/mol. The van der Waals surface area contributed by atoms with Crippen LogP contribution in [0.1, 0.15) is 23.2 Å². The lowest BCUT2D eigenvalue weighted by molar-refractivity contribution is 0.102. The molecule has 2 heterocycles. The van der Waals surface area contributed by atoms with Crippen molar-refractivity contribution in [3.05, 3.63) is 54.1 Å². The van der Waals surface area contributed by atoms with Crippen molar-refractivity contribution in [1.29, 1.82) is 0 Å². The van der Waals surface area contributed by atoms with Crippen molar-refractivity contribution in [3.63, 3.8) is 0 Å². The molecule has 2 amide bonds. The summed E-state index contributed by atoms with van der Waals surface area (Å²) in [6.45, 7) is 3.30. The molecule has 2 atom stereocenters. The summed E-state index contributed by atoms with van der Waals surface area (Å²) in [7, 11) is 2.05. The number of para-hydroxylation sites is 2. The maximum absolute atomic E-state index is 12.5. The van der Waals surface area contributed by atoms with Gasteiger partial charge in [0.25, 0.3) is 5.91 Å². The van der Waals surface area contributed by atoms with Crippen LogP contribution in [0.5, 0.6) is 0 Å². The molecule has 0 aliphatic carbocycles. The fourth-order valence-electron chi connectivity index (χ4n) is 4.09. The molecule has 0 radical (unpaired) electrons. The first-order chi connectivity index (χ1) is 15.0. The van der Waals surface area contributed by atoms with Crippen molar-refractivity contribution < 1.29 is 14.3 Å². The van der Waals surface area contributed by atoms with Crippen molar-refractivity contribution in [2.75, 3.05) is 49.2 Å². The SMILES string of the molecule is CN1CC[C@H](NC(=O)O[C@@H]2CCN(c3ccc(C(=O)Nc4ccccc4N)cc3)C2)C1. The molecular formula is C23H29N5O3. The van der Waals surface area contributed by atoms with E-state index in [1.807, 2.05) is 31.3 Å². The Labute approximate surface area is 182 Å². The van der Waals surface area contributed by atoms with E-state index in [4.69, 9.17) is 10.5 Å². The third-order valence-electron chi connectivity index (χ3n) is 5.84. The second-order valence-electron chi connectivity index (χ2n) is 8.24. The van der Waals surface area contributed by atoms with Gasteiger partial charge in [0.15, 0.2) is 0 Å². The van der Waals surface area contributed by atoms with Crippen LogP contribution in [0.25, 0.3) is 0 Å². The minimum Gasteiger partial charge on any atom is -0.444 e. The number of nitrogens with one attached hydrogen (secondary N) is 2. The number of ether oxygens (including phenoxy) is 1. The van der Waals surface area contributed by atoms with Crippen molar-refractivity contribution >= 4 is 29.1 Å². The number of amides is 2. The van der Waals surface area contributed by atoms with Gasteiger partial charge in [0.2, 0.25) is 0 Å². The van der Waals surface area contributed by atoms with Crippen molar-refractivity contribution in [1.82, 2.24) is 10.2 Å². The van der Waals surface area contributed by atoms with Gasteiger partial charge in [-0.05, 0) is 56.4 Å². The predicted octanol–water partition coefficient (Wildman–Crippen LogP) is 2.53. The quantitative estimate of drug-likeness (QED) is 0.639. The molecule has 2 fully saturated rings. The third-order valence-corrected chi connectivity index (χ3v) is 5.84. The van der Waals surface area contributed by atoms with Crippen molar-refractivity contribution in [2.45, 2.75) is 25.0 Å². The van der Waals surface area contributed by atoms with Crippen LogP contribution in [0.15, 0.2) is 48.5 Å². The Kier molecular flexibility index (Phi) is 6.27. The highest BCUT2D eigenvalue weighted by molar-refractivity contribution is 6.05.